The summed E-state index contributed by atoms with van der Waals surface area (Å²) in [6.07, 6.45) is -8.55. The van der Waals surface area contributed by atoms with Crippen LogP contribution in [-0.2, 0) is 48.3 Å². The number of aliphatic hydroxyl groups is 2. The Morgan fingerprint density at radius 3 is 1.33 bits per heavy atom. The number of aliphatic hydroxyl groups excluding tert-OH is 2. The molecule has 236 valence electrons. The third kappa shape index (κ3) is 8.18. The second-order valence-corrected chi connectivity index (χ2v) is 12.1. The van der Waals surface area contributed by atoms with Crippen LogP contribution in [-0.4, -0.2) is 60.2 Å². The van der Waals surface area contributed by atoms with E-state index in [0.717, 1.165) is 41.0 Å². The quantitative estimate of drug-likeness (QED) is 0.124. The standard InChI is InChI=1S/C33H33NO10S/c35-28-30(41-20-23-10-4-1-5-11-23)29(36)32(43-22-25-14-8-3-9-15-25)33(31(28)42-21-24-12-6-2-7-13-24)44-45(39,40)27-18-16-26(17-19-27)34(37)38/h1-19,28-33,35-36H,20-22H2/t28-,29+,30?,31-,32-,33?/m1/s1. The van der Waals surface area contributed by atoms with E-state index in [1.807, 2.05) is 66.7 Å². The minimum absolute atomic E-state index is 0.0209. The van der Waals surface area contributed by atoms with E-state index in [9.17, 15) is 28.7 Å². The summed E-state index contributed by atoms with van der Waals surface area (Å²) in [7, 11) is -4.60. The van der Waals surface area contributed by atoms with Crippen LogP contribution in [0.15, 0.2) is 120 Å². The molecule has 4 aromatic rings. The molecule has 0 aliphatic heterocycles. The molecule has 11 nitrogen and oxygen atoms in total. The molecule has 4 aromatic carbocycles. The number of benzene rings is 4. The van der Waals surface area contributed by atoms with Crippen molar-refractivity contribution in [1.29, 1.82) is 0 Å². The fourth-order valence-corrected chi connectivity index (χ4v) is 6.17. The van der Waals surface area contributed by atoms with E-state index < -0.39 is 51.7 Å². The summed E-state index contributed by atoms with van der Waals surface area (Å²) >= 11 is 0. The lowest BCUT2D eigenvalue weighted by molar-refractivity contribution is -0.384. The predicted molar refractivity (Wildman–Crippen MR) is 162 cm³/mol. The third-order valence-corrected chi connectivity index (χ3v) is 8.75. The van der Waals surface area contributed by atoms with Crippen LogP contribution >= 0.6 is 0 Å². The van der Waals surface area contributed by atoms with E-state index in [0.29, 0.717) is 0 Å². The topological polar surface area (TPSA) is 155 Å². The number of hydrogen-bond acceptors (Lipinski definition) is 10. The van der Waals surface area contributed by atoms with E-state index in [1.54, 1.807) is 24.3 Å². The van der Waals surface area contributed by atoms with Crippen LogP contribution in [0.4, 0.5) is 5.69 Å². The molecule has 0 amide bonds. The molecule has 5 rings (SSSR count). The van der Waals surface area contributed by atoms with Crippen molar-refractivity contribution < 1.29 is 41.9 Å². The second kappa shape index (κ2) is 14.8. The second-order valence-electron chi connectivity index (χ2n) is 10.5. The number of ether oxygens (including phenoxy) is 3. The van der Waals surface area contributed by atoms with E-state index >= 15 is 0 Å². The minimum Gasteiger partial charge on any atom is -0.387 e. The maximum atomic E-state index is 13.5. The summed E-state index contributed by atoms with van der Waals surface area (Å²) in [6.45, 7) is 0.00286. The molecule has 6 atom stereocenters. The van der Waals surface area contributed by atoms with Gasteiger partial charge in [0.2, 0.25) is 0 Å². The van der Waals surface area contributed by atoms with E-state index in [1.165, 1.54) is 0 Å². The van der Waals surface area contributed by atoms with Crippen LogP contribution in [0.25, 0.3) is 0 Å². The number of non-ortho nitro benzene ring substituents is 1. The first-order chi connectivity index (χ1) is 21.7. The Morgan fingerprint density at radius 1 is 0.578 bits per heavy atom. The lowest BCUT2D eigenvalue weighted by Crippen LogP contribution is -2.66. The molecule has 0 aromatic heterocycles. The van der Waals surface area contributed by atoms with Crippen molar-refractivity contribution >= 4 is 15.8 Å². The average molecular weight is 636 g/mol. The average Bonchev–Trinajstić information content (AvgIpc) is 3.05. The molecule has 0 bridgehead atoms. The largest absolute Gasteiger partial charge is 0.387 e. The maximum absolute atomic E-state index is 13.5. The van der Waals surface area contributed by atoms with E-state index in [2.05, 4.69) is 0 Å². The third-order valence-electron chi connectivity index (χ3n) is 7.42. The van der Waals surface area contributed by atoms with E-state index in [4.69, 9.17) is 18.4 Å². The van der Waals surface area contributed by atoms with Gasteiger partial charge in [-0.2, -0.15) is 8.42 Å². The Hall–Kier alpha value is -4.01. The Balaban J connectivity index is 1.48. The molecular formula is C33H33NO10S. The van der Waals surface area contributed by atoms with Crippen molar-refractivity contribution in [2.45, 2.75) is 61.3 Å². The van der Waals surface area contributed by atoms with Crippen LogP contribution in [0.2, 0.25) is 0 Å². The Labute approximate surface area is 260 Å². The van der Waals surface area contributed by atoms with Gasteiger partial charge in [-0.15, -0.1) is 0 Å². The van der Waals surface area contributed by atoms with Gasteiger partial charge in [-0.3, -0.25) is 14.3 Å². The molecule has 0 heterocycles. The van der Waals surface area contributed by atoms with Crippen molar-refractivity contribution in [3.8, 4) is 0 Å². The highest BCUT2D eigenvalue weighted by atomic mass is 32.2. The fourth-order valence-electron chi connectivity index (χ4n) is 5.08. The van der Waals surface area contributed by atoms with Crippen molar-refractivity contribution in [3.63, 3.8) is 0 Å². The highest BCUT2D eigenvalue weighted by molar-refractivity contribution is 7.86. The van der Waals surface area contributed by atoms with Crippen LogP contribution in [0, 0.1) is 10.1 Å². The van der Waals surface area contributed by atoms with Crippen LogP contribution in [0.3, 0.4) is 0 Å². The lowest BCUT2D eigenvalue weighted by atomic mass is 9.84. The molecule has 1 saturated carbocycles. The zero-order valence-corrected chi connectivity index (χ0v) is 24.9. The molecule has 0 saturated heterocycles. The normalized spacial score (nSPS) is 23.4. The van der Waals surface area contributed by atoms with Gasteiger partial charge < -0.3 is 24.4 Å². The maximum Gasteiger partial charge on any atom is 0.297 e. The van der Waals surface area contributed by atoms with Gasteiger partial charge in [-0.05, 0) is 28.8 Å². The summed E-state index contributed by atoms with van der Waals surface area (Å²) in [6, 6.07) is 31.5. The molecule has 0 spiro atoms. The summed E-state index contributed by atoms with van der Waals surface area (Å²) in [5, 5.41) is 34.3. The molecule has 0 radical (unpaired) electrons. The van der Waals surface area contributed by atoms with Crippen LogP contribution in [0.1, 0.15) is 16.7 Å². The molecule has 45 heavy (non-hydrogen) atoms. The first kappa shape index (κ1) is 32.4. The summed E-state index contributed by atoms with van der Waals surface area (Å²) < 4.78 is 51.1. The van der Waals surface area contributed by atoms with Gasteiger partial charge >= 0.3 is 0 Å². The monoisotopic (exact) mass is 635 g/mol. The summed E-state index contributed by atoms with van der Waals surface area (Å²) in [5.41, 5.74) is 1.98. The Morgan fingerprint density at radius 2 is 0.956 bits per heavy atom. The number of nitro groups is 1. The highest BCUT2D eigenvalue weighted by Crippen LogP contribution is 2.34. The van der Waals surface area contributed by atoms with Crippen molar-refractivity contribution in [2.24, 2.45) is 0 Å². The first-order valence-corrected chi connectivity index (χ1v) is 15.6. The lowest BCUT2D eigenvalue weighted by Gasteiger charge is -2.46. The Kier molecular flexibility index (Phi) is 10.7. The molecular weight excluding hydrogens is 602 g/mol. The van der Waals surface area contributed by atoms with Gasteiger partial charge in [-0.1, -0.05) is 91.0 Å². The van der Waals surface area contributed by atoms with Gasteiger partial charge in [0.05, 0.1) is 29.6 Å². The number of nitrogens with zero attached hydrogens (tertiary/aromatic N) is 1. The predicted octanol–water partition coefficient (Wildman–Crippen LogP) is 4.16. The molecule has 12 heteroatoms. The Bertz CT molecular complexity index is 1570. The SMILES string of the molecule is O=[N+]([O-])c1ccc(S(=O)(=O)OC2[C@H](OCc3ccccc3)[C@H](O)C(OCc3ccccc3)[C@H](O)[C@H]2OCc2ccccc2)cc1. The molecule has 1 fully saturated rings. The smallest absolute Gasteiger partial charge is 0.297 e. The first-order valence-electron chi connectivity index (χ1n) is 14.2. The van der Waals surface area contributed by atoms with Crippen LogP contribution < -0.4 is 0 Å². The summed E-state index contributed by atoms with van der Waals surface area (Å²) in [4.78, 5) is 10.1. The molecule has 2 N–H and O–H groups in total. The van der Waals surface area contributed by atoms with Crippen molar-refractivity contribution in [1.82, 2.24) is 0 Å². The molecule has 1 aliphatic rings. The highest BCUT2D eigenvalue weighted by Gasteiger charge is 2.54. The number of hydrogen-bond donors (Lipinski definition) is 2. The van der Waals surface area contributed by atoms with Crippen molar-refractivity contribution in [2.75, 3.05) is 0 Å². The fraction of sp³-hybridized carbons (Fsp3) is 0.273. The molecule has 1 aliphatic carbocycles. The number of rotatable bonds is 13. The van der Waals surface area contributed by atoms with Gasteiger partial charge in [0, 0.05) is 12.1 Å². The van der Waals surface area contributed by atoms with Gasteiger partial charge in [-0.25, -0.2) is 0 Å². The zero-order chi connectivity index (χ0) is 31.8. The van der Waals surface area contributed by atoms with Gasteiger partial charge in [0.1, 0.15) is 36.6 Å². The molecule has 2 unspecified atom stereocenters. The van der Waals surface area contributed by atoms with Crippen LogP contribution in [0.5, 0.6) is 0 Å². The summed E-state index contributed by atoms with van der Waals surface area (Å²) in [5.74, 6) is 0. The zero-order valence-electron chi connectivity index (χ0n) is 24.1. The minimum atomic E-state index is -4.60. The van der Waals surface area contributed by atoms with Gasteiger partial charge in [0.15, 0.2) is 0 Å². The van der Waals surface area contributed by atoms with Gasteiger partial charge in [0.25, 0.3) is 15.8 Å². The van der Waals surface area contributed by atoms with E-state index in [-0.39, 0.29) is 30.4 Å². The number of nitro benzene ring substituents is 1. The van der Waals surface area contributed by atoms with Crippen molar-refractivity contribution in [3.05, 3.63) is 142 Å².